The monoisotopic (exact) mass is 206 g/mol. The normalized spacial score (nSPS) is 26.4. The lowest BCUT2D eigenvalue weighted by atomic mass is 10.4. The predicted octanol–water partition coefficient (Wildman–Crippen LogP) is 0.568. The first-order valence-corrected chi connectivity index (χ1v) is 6.33. The van der Waals surface area contributed by atoms with Gasteiger partial charge in [-0.2, -0.15) is 10.6 Å². The van der Waals surface area contributed by atoms with E-state index in [1.807, 2.05) is 12.2 Å². The third kappa shape index (κ3) is 4.10. The van der Waals surface area contributed by atoms with E-state index < -0.39 is 10.6 Å². The van der Waals surface area contributed by atoms with E-state index in [2.05, 4.69) is 4.90 Å². The largest absolute Gasteiger partial charge is 0.327 e. The van der Waals surface area contributed by atoms with Crippen molar-refractivity contribution in [2.24, 2.45) is 5.73 Å². The third-order valence-corrected chi connectivity index (χ3v) is 3.81. The fourth-order valence-electron chi connectivity index (χ4n) is 1.27. The number of rotatable bonds is 3. The standard InChI is InChI=1S/C8H18N2O2S/c9-3-1-2-4-10-5-7-13(11,12)8-6-10/h1-2,11-12H,3-9H2. The second-order valence-electron chi connectivity index (χ2n) is 3.22. The van der Waals surface area contributed by atoms with E-state index in [-0.39, 0.29) is 0 Å². The van der Waals surface area contributed by atoms with Crippen molar-refractivity contribution in [3.8, 4) is 0 Å². The highest BCUT2D eigenvalue weighted by molar-refractivity contribution is 8.24. The fraction of sp³-hybridized carbons (Fsp3) is 0.750. The molecule has 0 aromatic rings. The summed E-state index contributed by atoms with van der Waals surface area (Å²) in [6.45, 7) is 2.99. The molecular weight excluding hydrogens is 188 g/mol. The van der Waals surface area contributed by atoms with E-state index in [1.54, 1.807) is 0 Å². The minimum absolute atomic E-state index is 0.517. The van der Waals surface area contributed by atoms with E-state index in [9.17, 15) is 9.11 Å². The van der Waals surface area contributed by atoms with Gasteiger partial charge in [-0.05, 0) is 0 Å². The summed E-state index contributed by atoms with van der Waals surface area (Å²) in [4.78, 5) is 2.20. The van der Waals surface area contributed by atoms with Crippen LogP contribution in [-0.2, 0) is 0 Å². The average Bonchev–Trinajstić information content (AvgIpc) is 2.08. The zero-order chi connectivity index (χ0) is 9.73. The van der Waals surface area contributed by atoms with Crippen LogP contribution in [0.15, 0.2) is 12.2 Å². The molecule has 1 aliphatic heterocycles. The second kappa shape index (κ2) is 4.97. The smallest absolute Gasteiger partial charge is 0.0502 e. The molecule has 0 amide bonds. The van der Waals surface area contributed by atoms with Crippen LogP contribution in [0, 0.1) is 0 Å². The minimum Gasteiger partial charge on any atom is -0.327 e. The van der Waals surface area contributed by atoms with Gasteiger partial charge in [-0.1, -0.05) is 12.2 Å². The van der Waals surface area contributed by atoms with E-state index >= 15 is 0 Å². The van der Waals surface area contributed by atoms with Crippen LogP contribution < -0.4 is 5.73 Å². The molecule has 0 aromatic heterocycles. The Morgan fingerprint density at radius 1 is 1.23 bits per heavy atom. The molecule has 1 heterocycles. The van der Waals surface area contributed by atoms with Gasteiger partial charge >= 0.3 is 0 Å². The lowest BCUT2D eigenvalue weighted by Crippen LogP contribution is -2.38. The van der Waals surface area contributed by atoms with Crippen LogP contribution in [0.5, 0.6) is 0 Å². The number of hydrogen-bond donors (Lipinski definition) is 3. The quantitative estimate of drug-likeness (QED) is 0.590. The van der Waals surface area contributed by atoms with Crippen molar-refractivity contribution < 1.29 is 9.11 Å². The van der Waals surface area contributed by atoms with Crippen LogP contribution in [0.4, 0.5) is 0 Å². The summed E-state index contributed by atoms with van der Waals surface area (Å²) in [5.74, 6) is 1.03. The van der Waals surface area contributed by atoms with Crippen LogP contribution in [0.25, 0.3) is 0 Å². The molecule has 0 saturated carbocycles. The summed E-state index contributed by atoms with van der Waals surface area (Å²) in [5.41, 5.74) is 5.31. The van der Waals surface area contributed by atoms with Gasteiger partial charge < -0.3 is 5.73 Å². The highest BCUT2D eigenvalue weighted by Crippen LogP contribution is 2.40. The van der Waals surface area contributed by atoms with Gasteiger partial charge in [0.15, 0.2) is 0 Å². The Labute approximate surface area is 80.8 Å². The molecule has 4 nitrogen and oxygen atoms in total. The molecule has 5 heteroatoms. The van der Waals surface area contributed by atoms with Gasteiger partial charge in [-0.15, -0.1) is 0 Å². The molecule has 0 aliphatic carbocycles. The van der Waals surface area contributed by atoms with E-state index in [0.29, 0.717) is 18.1 Å². The molecule has 1 aliphatic rings. The van der Waals surface area contributed by atoms with Crippen LogP contribution in [0.2, 0.25) is 0 Å². The highest BCUT2D eigenvalue weighted by Gasteiger charge is 2.20. The van der Waals surface area contributed by atoms with Gasteiger partial charge in [0.2, 0.25) is 0 Å². The van der Waals surface area contributed by atoms with E-state index in [0.717, 1.165) is 19.6 Å². The topological polar surface area (TPSA) is 69.7 Å². The lowest BCUT2D eigenvalue weighted by molar-refractivity contribution is 0.313. The summed E-state index contributed by atoms with van der Waals surface area (Å²) in [6, 6.07) is 0. The Morgan fingerprint density at radius 3 is 2.38 bits per heavy atom. The first-order valence-electron chi connectivity index (χ1n) is 4.45. The van der Waals surface area contributed by atoms with Gasteiger partial charge in [-0.3, -0.25) is 14.0 Å². The summed E-state index contributed by atoms with van der Waals surface area (Å²) >= 11 is 0. The van der Waals surface area contributed by atoms with Gasteiger partial charge in [0.25, 0.3) is 0 Å². The van der Waals surface area contributed by atoms with Crippen LogP contribution in [0.3, 0.4) is 0 Å². The summed E-state index contributed by atoms with van der Waals surface area (Å²) in [5, 5.41) is 0. The molecule has 0 unspecified atom stereocenters. The average molecular weight is 206 g/mol. The van der Waals surface area contributed by atoms with Crippen molar-refractivity contribution in [3.63, 3.8) is 0 Å². The Hall–Kier alpha value is -0.0700. The Balaban J connectivity index is 2.21. The molecule has 0 spiro atoms. The lowest BCUT2D eigenvalue weighted by Gasteiger charge is -2.40. The third-order valence-electron chi connectivity index (χ3n) is 2.14. The van der Waals surface area contributed by atoms with Gasteiger partial charge in [0.1, 0.15) is 0 Å². The highest BCUT2D eigenvalue weighted by atomic mass is 32.3. The van der Waals surface area contributed by atoms with Crippen molar-refractivity contribution >= 4 is 10.6 Å². The van der Waals surface area contributed by atoms with Gasteiger partial charge in [-0.25, -0.2) is 0 Å². The van der Waals surface area contributed by atoms with Crippen molar-refractivity contribution in [1.82, 2.24) is 4.90 Å². The predicted molar refractivity (Wildman–Crippen MR) is 57.2 cm³/mol. The van der Waals surface area contributed by atoms with Crippen LogP contribution in [-0.4, -0.2) is 51.7 Å². The molecule has 78 valence electrons. The first kappa shape index (κ1) is 11.0. The molecule has 4 N–H and O–H groups in total. The van der Waals surface area contributed by atoms with Gasteiger partial charge in [0, 0.05) is 26.2 Å². The molecule has 1 rings (SSSR count). The molecule has 0 aromatic carbocycles. The summed E-state index contributed by atoms with van der Waals surface area (Å²) < 4.78 is 18.7. The Bertz CT molecular complexity index is 175. The molecule has 0 atom stereocenters. The Morgan fingerprint density at radius 2 is 1.85 bits per heavy atom. The fourth-order valence-corrected chi connectivity index (χ4v) is 2.57. The molecule has 0 radical (unpaired) electrons. The zero-order valence-corrected chi connectivity index (χ0v) is 8.54. The van der Waals surface area contributed by atoms with Crippen LogP contribution >= 0.6 is 10.6 Å². The molecule has 1 saturated heterocycles. The summed E-state index contributed by atoms with van der Waals surface area (Å²) in [6.07, 6.45) is 3.95. The van der Waals surface area contributed by atoms with Crippen molar-refractivity contribution in [2.45, 2.75) is 0 Å². The van der Waals surface area contributed by atoms with E-state index in [4.69, 9.17) is 5.73 Å². The first-order chi connectivity index (χ1) is 6.14. The SMILES string of the molecule is NCC=CCN1CCS(O)(O)CC1. The van der Waals surface area contributed by atoms with E-state index in [1.165, 1.54) is 0 Å². The number of nitrogens with two attached hydrogens (primary N) is 1. The number of hydrogen-bond acceptors (Lipinski definition) is 4. The van der Waals surface area contributed by atoms with Crippen molar-refractivity contribution in [2.75, 3.05) is 37.7 Å². The molecule has 13 heavy (non-hydrogen) atoms. The van der Waals surface area contributed by atoms with Gasteiger partial charge in [0.05, 0.1) is 11.5 Å². The maximum absolute atomic E-state index is 9.34. The molecular formula is C8H18N2O2S. The minimum atomic E-state index is -2.24. The van der Waals surface area contributed by atoms with Crippen molar-refractivity contribution in [1.29, 1.82) is 0 Å². The Kier molecular flexibility index (Phi) is 4.21. The zero-order valence-electron chi connectivity index (χ0n) is 7.72. The van der Waals surface area contributed by atoms with Crippen molar-refractivity contribution in [3.05, 3.63) is 12.2 Å². The molecule has 1 fully saturated rings. The second-order valence-corrected chi connectivity index (χ2v) is 5.64. The summed E-state index contributed by atoms with van der Waals surface area (Å²) in [7, 11) is -2.24. The van der Waals surface area contributed by atoms with Crippen LogP contribution in [0.1, 0.15) is 0 Å². The maximum atomic E-state index is 9.34. The maximum Gasteiger partial charge on any atom is 0.0502 e. The number of nitrogens with zero attached hydrogens (tertiary/aromatic N) is 1. The molecule has 0 bridgehead atoms.